The Balaban J connectivity index is 2.96. The largest absolute Gasteiger partial charge is 0.207 e. The van der Waals surface area contributed by atoms with Crippen molar-refractivity contribution in [3.8, 4) is 0 Å². The van der Waals surface area contributed by atoms with Crippen molar-refractivity contribution < 1.29 is 4.39 Å². The summed E-state index contributed by atoms with van der Waals surface area (Å²) in [6, 6.07) is 5.41. The average Bonchev–Trinajstić information content (AvgIpc) is 2.08. The van der Waals surface area contributed by atoms with Gasteiger partial charge in [-0.15, -0.1) is 0 Å². The highest BCUT2D eigenvalue weighted by atomic mass is 79.9. The average molecular weight is 231 g/mol. The van der Waals surface area contributed by atoms with Crippen LogP contribution in [0.5, 0.6) is 0 Å². The first-order chi connectivity index (χ1) is 5.65. The van der Waals surface area contributed by atoms with E-state index in [1.807, 2.05) is 12.1 Å². The Morgan fingerprint density at radius 1 is 1.50 bits per heavy atom. The lowest BCUT2D eigenvalue weighted by Gasteiger charge is -2.08. The summed E-state index contributed by atoms with van der Waals surface area (Å²) in [5.41, 5.74) is 1.76. The van der Waals surface area contributed by atoms with Crippen LogP contribution in [0.2, 0.25) is 0 Å². The van der Waals surface area contributed by atoms with Crippen molar-refractivity contribution in [1.29, 1.82) is 0 Å². The molecule has 1 aromatic carbocycles. The minimum absolute atomic E-state index is 0.111. The minimum atomic E-state index is -0.111. The highest BCUT2D eigenvalue weighted by molar-refractivity contribution is 9.09. The molecule has 1 aromatic rings. The first kappa shape index (κ1) is 9.72. The molecule has 1 atom stereocenters. The zero-order valence-corrected chi connectivity index (χ0v) is 8.86. The van der Waals surface area contributed by atoms with Crippen LogP contribution in [0, 0.1) is 12.7 Å². The van der Waals surface area contributed by atoms with E-state index in [2.05, 4.69) is 22.9 Å². The second-order valence-electron chi connectivity index (χ2n) is 3.06. The van der Waals surface area contributed by atoms with Crippen LogP contribution in [0.15, 0.2) is 18.2 Å². The molecule has 0 aliphatic heterocycles. The predicted molar refractivity (Wildman–Crippen MR) is 53.3 cm³/mol. The van der Waals surface area contributed by atoms with Gasteiger partial charge in [-0.2, -0.15) is 0 Å². The molecule has 0 spiro atoms. The van der Waals surface area contributed by atoms with Crippen molar-refractivity contribution in [3.05, 3.63) is 35.1 Å². The molecule has 0 aliphatic rings. The normalized spacial score (nSPS) is 13.0. The summed E-state index contributed by atoms with van der Waals surface area (Å²) in [5.74, 6) is 0.264. The number of hydrogen-bond acceptors (Lipinski definition) is 0. The van der Waals surface area contributed by atoms with Crippen molar-refractivity contribution in [3.63, 3.8) is 0 Å². The van der Waals surface area contributed by atoms with Crippen LogP contribution in [-0.2, 0) is 0 Å². The molecule has 0 nitrogen and oxygen atoms in total. The Kier molecular flexibility index (Phi) is 3.27. The summed E-state index contributed by atoms with van der Waals surface area (Å²) in [6.07, 6.45) is 0. The Morgan fingerprint density at radius 2 is 2.17 bits per heavy atom. The lowest BCUT2D eigenvalue weighted by atomic mass is 10.0. The molecule has 0 fully saturated rings. The van der Waals surface area contributed by atoms with Gasteiger partial charge < -0.3 is 0 Å². The van der Waals surface area contributed by atoms with E-state index in [0.29, 0.717) is 11.5 Å². The lowest BCUT2D eigenvalue weighted by molar-refractivity contribution is 0.614. The second kappa shape index (κ2) is 4.04. The number of benzene rings is 1. The number of alkyl halides is 1. The summed E-state index contributed by atoms with van der Waals surface area (Å²) < 4.78 is 13.1. The van der Waals surface area contributed by atoms with Crippen LogP contribution >= 0.6 is 15.9 Å². The van der Waals surface area contributed by atoms with Crippen LogP contribution in [-0.4, -0.2) is 5.33 Å². The molecule has 0 radical (unpaired) electrons. The third-order valence-electron chi connectivity index (χ3n) is 2.00. The van der Waals surface area contributed by atoms with Crippen LogP contribution in [0.3, 0.4) is 0 Å². The summed E-state index contributed by atoms with van der Waals surface area (Å²) in [6.45, 7) is 3.84. The van der Waals surface area contributed by atoms with Crippen LogP contribution < -0.4 is 0 Å². The zero-order chi connectivity index (χ0) is 9.14. The zero-order valence-electron chi connectivity index (χ0n) is 7.27. The van der Waals surface area contributed by atoms with Crippen molar-refractivity contribution >= 4 is 15.9 Å². The van der Waals surface area contributed by atoms with Crippen molar-refractivity contribution in [1.82, 2.24) is 0 Å². The highest BCUT2D eigenvalue weighted by Crippen LogP contribution is 2.19. The van der Waals surface area contributed by atoms with Crippen molar-refractivity contribution in [2.24, 2.45) is 0 Å². The first-order valence-electron chi connectivity index (χ1n) is 3.97. The number of rotatable bonds is 2. The quantitative estimate of drug-likeness (QED) is 0.681. The van der Waals surface area contributed by atoms with Gasteiger partial charge in [0, 0.05) is 5.33 Å². The summed E-state index contributed by atoms with van der Waals surface area (Å²) in [7, 11) is 0. The van der Waals surface area contributed by atoms with Crippen molar-refractivity contribution in [2.45, 2.75) is 19.8 Å². The molecule has 12 heavy (non-hydrogen) atoms. The highest BCUT2D eigenvalue weighted by Gasteiger charge is 2.05. The molecule has 0 aromatic heterocycles. The van der Waals surface area contributed by atoms with E-state index < -0.39 is 0 Å². The molecule has 0 N–H and O–H groups in total. The molecule has 0 bridgehead atoms. The first-order valence-corrected chi connectivity index (χ1v) is 5.09. The Labute approximate surface area is 80.9 Å². The minimum Gasteiger partial charge on any atom is -0.207 e. The summed E-state index contributed by atoms with van der Waals surface area (Å²) >= 11 is 3.37. The maximum atomic E-state index is 13.1. The Hall–Kier alpha value is -0.370. The van der Waals surface area contributed by atoms with Gasteiger partial charge in [-0.1, -0.05) is 35.0 Å². The molecule has 0 saturated heterocycles. The van der Waals surface area contributed by atoms with E-state index in [0.717, 1.165) is 10.9 Å². The molecule has 2 heteroatoms. The van der Waals surface area contributed by atoms with Crippen LogP contribution in [0.1, 0.15) is 24.0 Å². The van der Waals surface area contributed by atoms with Gasteiger partial charge in [-0.25, -0.2) is 4.39 Å². The summed E-state index contributed by atoms with van der Waals surface area (Å²) in [4.78, 5) is 0. The molecule has 0 amide bonds. The van der Waals surface area contributed by atoms with E-state index in [1.165, 1.54) is 0 Å². The Morgan fingerprint density at radius 3 is 2.67 bits per heavy atom. The van der Waals surface area contributed by atoms with Gasteiger partial charge in [0.05, 0.1) is 0 Å². The molecule has 1 unspecified atom stereocenters. The predicted octanol–water partition coefficient (Wildman–Crippen LogP) is 3.63. The van der Waals surface area contributed by atoms with Crippen molar-refractivity contribution in [2.75, 3.05) is 5.33 Å². The Bertz CT molecular complexity index is 271. The topological polar surface area (TPSA) is 0 Å². The van der Waals surface area contributed by atoms with Gasteiger partial charge >= 0.3 is 0 Å². The monoisotopic (exact) mass is 230 g/mol. The van der Waals surface area contributed by atoms with Gasteiger partial charge in [0.1, 0.15) is 5.82 Å². The summed E-state index contributed by atoms with van der Waals surface area (Å²) in [5, 5.41) is 0.871. The van der Waals surface area contributed by atoms with E-state index in [9.17, 15) is 4.39 Å². The lowest BCUT2D eigenvalue weighted by Crippen LogP contribution is -1.95. The van der Waals surface area contributed by atoms with E-state index in [1.54, 1.807) is 13.0 Å². The van der Waals surface area contributed by atoms with Gasteiger partial charge in [0.25, 0.3) is 0 Å². The maximum absolute atomic E-state index is 13.1. The number of hydrogen-bond donors (Lipinski definition) is 0. The second-order valence-corrected chi connectivity index (χ2v) is 3.71. The third kappa shape index (κ3) is 2.07. The number of halogens is 2. The van der Waals surface area contributed by atoms with E-state index in [4.69, 9.17) is 0 Å². The van der Waals surface area contributed by atoms with Crippen LogP contribution in [0.4, 0.5) is 4.39 Å². The fourth-order valence-electron chi connectivity index (χ4n) is 1.00. The van der Waals surface area contributed by atoms with Gasteiger partial charge in [-0.3, -0.25) is 0 Å². The van der Waals surface area contributed by atoms with E-state index in [-0.39, 0.29) is 5.82 Å². The number of aryl methyl sites for hydroxylation is 1. The third-order valence-corrected chi connectivity index (χ3v) is 2.97. The van der Waals surface area contributed by atoms with Crippen LogP contribution in [0.25, 0.3) is 0 Å². The van der Waals surface area contributed by atoms with E-state index >= 15 is 0 Å². The smallest absolute Gasteiger partial charge is 0.126 e. The molecular weight excluding hydrogens is 219 g/mol. The fourth-order valence-corrected chi connectivity index (χ4v) is 1.38. The molecule has 66 valence electrons. The molecule has 0 aliphatic carbocycles. The van der Waals surface area contributed by atoms with Gasteiger partial charge in [0.2, 0.25) is 0 Å². The van der Waals surface area contributed by atoms with Gasteiger partial charge in [-0.05, 0) is 30.0 Å². The molecular formula is C10H12BrF. The molecule has 0 saturated carbocycles. The maximum Gasteiger partial charge on any atom is 0.126 e. The molecule has 1 rings (SSSR count). The standard InChI is InChI=1S/C10H12BrF/c1-7-3-4-9(5-10(7)12)8(2)6-11/h3-5,8H,6H2,1-2H3. The fraction of sp³-hybridized carbons (Fsp3) is 0.400. The molecule has 0 heterocycles. The van der Waals surface area contributed by atoms with Gasteiger partial charge in [0.15, 0.2) is 0 Å². The SMILES string of the molecule is Cc1ccc(C(C)CBr)cc1F.